The maximum absolute atomic E-state index is 11.8. The van der Waals surface area contributed by atoms with Crippen molar-refractivity contribution in [2.75, 3.05) is 25.6 Å². The van der Waals surface area contributed by atoms with Crippen molar-refractivity contribution in [3.63, 3.8) is 0 Å². The SMILES string of the molecule is C#CC(=O)NCC(=O)N(C)c1ccc(O)cc1OC. The number of methoxy groups -OCH3 is 1. The molecule has 0 unspecified atom stereocenters. The van der Waals surface area contributed by atoms with Gasteiger partial charge in [0.25, 0.3) is 5.91 Å². The molecular formula is C13H14N2O4. The van der Waals surface area contributed by atoms with Crippen LogP contribution >= 0.6 is 0 Å². The molecule has 0 fully saturated rings. The Bertz CT molecular complexity index is 534. The molecule has 0 saturated carbocycles. The first-order valence-corrected chi connectivity index (χ1v) is 5.37. The van der Waals surface area contributed by atoms with Crippen LogP contribution in [0.3, 0.4) is 0 Å². The summed E-state index contributed by atoms with van der Waals surface area (Å²) in [7, 11) is 2.95. The molecule has 2 amide bonds. The molecule has 0 radical (unpaired) electrons. The van der Waals surface area contributed by atoms with Gasteiger partial charge in [-0.1, -0.05) is 0 Å². The maximum Gasteiger partial charge on any atom is 0.296 e. The molecule has 19 heavy (non-hydrogen) atoms. The van der Waals surface area contributed by atoms with Gasteiger partial charge in [-0.25, -0.2) is 0 Å². The zero-order chi connectivity index (χ0) is 14.4. The monoisotopic (exact) mass is 262 g/mol. The average molecular weight is 262 g/mol. The number of nitrogens with zero attached hydrogens (tertiary/aromatic N) is 1. The summed E-state index contributed by atoms with van der Waals surface area (Å²) in [4.78, 5) is 24.0. The molecule has 0 aliphatic carbocycles. The lowest BCUT2D eigenvalue weighted by Gasteiger charge is -2.20. The Morgan fingerprint density at radius 2 is 2.21 bits per heavy atom. The number of amides is 2. The zero-order valence-corrected chi connectivity index (χ0v) is 10.6. The summed E-state index contributed by atoms with van der Waals surface area (Å²) in [6, 6.07) is 4.36. The van der Waals surface area contributed by atoms with Gasteiger partial charge in [-0.3, -0.25) is 9.59 Å². The lowest BCUT2D eigenvalue weighted by atomic mass is 10.2. The lowest BCUT2D eigenvalue weighted by Crippen LogP contribution is -2.37. The fraction of sp³-hybridized carbons (Fsp3) is 0.231. The fourth-order valence-electron chi connectivity index (χ4n) is 1.40. The molecule has 0 aliphatic rings. The molecule has 0 aromatic heterocycles. The van der Waals surface area contributed by atoms with Crippen LogP contribution in [0.5, 0.6) is 11.5 Å². The quantitative estimate of drug-likeness (QED) is 0.755. The second-order valence-corrected chi connectivity index (χ2v) is 3.64. The molecule has 2 N–H and O–H groups in total. The van der Waals surface area contributed by atoms with Gasteiger partial charge in [0, 0.05) is 13.1 Å². The van der Waals surface area contributed by atoms with E-state index in [-0.39, 0.29) is 18.2 Å². The van der Waals surface area contributed by atoms with Crippen LogP contribution in [0.4, 0.5) is 5.69 Å². The van der Waals surface area contributed by atoms with E-state index in [0.717, 1.165) is 0 Å². The van der Waals surface area contributed by atoms with Crippen molar-refractivity contribution >= 4 is 17.5 Å². The molecule has 100 valence electrons. The summed E-state index contributed by atoms with van der Waals surface area (Å²) >= 11 is 0. The molecule has 6 heteroatoms. The first kappa shape index (κ1) is 14.4. The smallest absolute Gasteiger partial charge is 0.296 e. The molecule has 0 spiro atoms. The number of nitrogens with one attached hydrogen (secondary N) is 1. The number of likely N-dealkylation sites (N-methyl/N-ethyl adjacent to an activating group) is 1. The van der Waals surface area contributed by atoms with Crippen molar-refractivity contribution in [3.8, 4) is 23.8 Å². The number of hydrogen-bond acceptors (Lipinski definition) is 4. The van der Waals surface area contributed by atoms with Crippen LogP contribution in [0, 0.1) is 12.3 Å². The average Bonchev–Trinajstić information content (AvgIpc) is 2.43. The largest absolute Gasteiger partial charge is 0.508 e. The fourth-order valence-corrected chi connectivity index (χ4v) is 1.40. The van der Waals surface area contributed by atoms with E-state index >= 15 is 0 Å². The van der Waals surface area contributed by atoms with Crippen molar-refractivity contribution in [1.29, 1.82) is 0 Å². The second-order valence-electron chi connectivity index (χ2n) is 3.64. The van der Waals surface area contributed by atoms with E-state index < -0.39 is 5.91 Å². The summed E-state index contributed by atoms with van der Waals surface area (Å²) < 4.78 is 5.07. The standard InChI is InChI=1S/C13H14N2O4/c1-4-12(17)14-8-13(18)15(2)10-6-5-9(16)7-11(10)19-3/h1,5-7,16H,8H2,2-3H3,(H,14,17). The predicted octanol–water partition coefficient (Wildman–Crippen LogP) is 0.113. The van der Waals surface area contributed by atoms with Crippen LogP contribution < -0.4 is 15.0 Å². The second kappa shape index (κ2) is 6.31. The Kier molecular flexibility index (Phi) is 4.77. The van der Waals surface area contributed by atoms with E-state index in [1.165, 1.54) is 37.3 Å². The summed E-state index contributed by atoms with van der Waals surface area (Å²) in [6.07, 6.45) is 4.87. The first-order valence-electron chi connectivity index (χ1n) is 5.37. The molecule has 1 aromatic rings. The van der Waals surface area contributed by atoms with Gasteiger partial charge in [0.05, 0.1) is 19.3 Å². The van der Waals surface area contributed by atoms with Crippen LogP contribution in [-0.2, 0) is 9.59 Å². The zero-order valence-electron chi connectivity index (χ0n) is 10.6. The van der Waals surface area contributed by atoms with Gasteiger partial charge < -0.3 is 20.1 Å². The summed E-state index contributed by atoms with van der Waals surface area (Å²) in [5, 5.41) is 11.6. The highest BCUT2D eigenvalue weighted by Crippen LogP contribution is 2.30. The van der Waals surface area contributed by atoms with Crippen LogP contribution in [0.15, 0.2) is 18.2 Å². The van der Waals surface area contributed by atoms with Gasteiger partial charge in [-0.2, -0.15) is 0 Å². The number of anilines is 1. The normalized spacial score (nSPS) is 9.32. The Labute approximate surface area is 111 Å². The summed E-state index contributed by atoms with van der Waals surface area (Å²) in [5.74, 6) is 1.21. The molecule has 1 aromatic carbocycles. The molecule has 0 bridgehead atoms. The Balaban J connectivity index is 2.82. The molecule has 0 heterocycles. The third kappa shape index (κ3) is 3.64. The van der Waals surface area contributed by atoms with Crippen LogP contribution in [-0.4, -0.2) is 37.6 Å². The number of hydrogen-bond donors (Lipinski definition) is 2. The lowest BCUT2D eigenvalue weighted by molar-refractivity contribution is -0.121. The van der Waals surface area contributed by atoms with Gasteiger partial charge in [0.1, 0.15) is 11.5 Å². The minimum atomic E-state index is -0.653. The highest BCUT2D eigenvalue weighted by Gasteiger charge is 2.16. The molecule has 0 aliphatic heterocycles. The number of aromatic hydroxyl groups is 1. The minimum absolute atomic E-state index is 0.0297. The molecule has 1 rings (SSSR count). The molecule has 0 atom stereocenters. The Morgan fingerprint density at radius 3 is 2.79 bits per heavy atom. The molecular weight excluding hydrogens is 248 g/mol. The van der Waals surface area contributed by atoms with E-state index in [9.17, 15) is 14.7 Å². The number of carbonyl (C=O) groups is 2. The number of ether oxygens (including phenoxy) is 1. The van der Waals surface area contributed by atoms with Crippen molar-refractivity contribution in [1.82, 2.24) is 5.32 Å². The third-order valence-corrected chi connectivity index (χ3v) is 2.43. The van der Waals surface area contributed by atoms with Gasteiger partial charge >= 0.3 is 0 Å². The van der Waals surface area contributed by atoms with E-state index in [1.54, 1.807) is 0 Å². The molecule has 0 saturated heterocycles. The number of phenols is 1. The topological polar surface area (TPSA) is 78.9 Å². The minimum Gasteiger partial charge on any atom is -0.508 e. The van der Waals surface area contributed by atoms with Gasteiger partial charge in [-0.15, -0.1) is 6.42 Å². The van der Waals surface area contributed by atoms with Crippen molar-refractivity contribution < 1.29 is 19.4 Å². The number of benzene rings is 1. The van der Waals surface area contributed by atoms with Crippen molar-refractivity contribution in [2.45, 2.75) is 0 Å². The molecule has 6 nitrogen and oxygen atoms in total. The van der Waals surface area contributed by atoms with E-state index in [2.05, 4.69) is 5.32 Å². The summed E-state index contributed by atoms with van der Waals surface area (Å²) in [5.41, 5.74) is 0.472. The number of phenolic OH excluding ortho intramolecular Hbond substituents is 1. The Morgan fingerprint density at radius 1 is 1.53 bits per heavy atom. The third-order valence-electron chi connectivity index (χ3n) is 2.43. The van der Waals surface area contributed by atoms with Gasteiger partial charge in [0.2, 0.25) is 5.91 Å². The highest BCUT2D eigenvalue weighted by atomic mass is 16.5. The van der Waals surface area contributed by atoms with E-state index in [0.29, 0.717) is 11.4 Å². The number of carbonyl (C=O) groups excluding carboxylic acids is 2. The van der Waals surface area contributed by atoms with Crippen molar-refractivity contribution in [3.05, 3.63) is 18.2 Å². The predicted molar refractivity (Wildman–Crippen MR) is 69.9 cm³/mol. The Hall–Kier alpha value is -2.68. The van der Waals surface area contributed by atoms with E-state index in [4.69, 9.17) is 11.2 Å². The number of rotatable bonds is 4. The van der Waals surface area contributed by atoms with Crippen LogP contribution in [0.1, 0.15) is 0 Å². The van der Waals surface area contributed by atoms with Gasteiger partial charge in [-0.05, 0) is 18.1 Å². The van der Waals surface area contributed by atoms with Crippen molar-refractivity contribution in [2.24, 2.45) is 0 Å². The van der Waals surface area contributed by atoms with Gasteiger partial charge in [0.15, 0.2) is 0 Å². The first-order chi connectivity index (χ1) is 8.99. The maximum atomic E-state index is 11.8. The summed E-state index contributed by atoms with van der Waals surface area (Å²) in [6.45, 7) is -0.219. The van der Waals surface area contributed by atoms with E-state index in [1.807, 2.05) is 5.92 Å². The highest BCUT2D eigenvalue weighted by molar-refractivity contribution is 6.00. The van der Waals surface area contributed by atoms with Crippen LogP contribution in [0.2, 0.25) is 0 Å². The number of terminal acetylenes is 1. The van der Waals surface area contributed by atoms with Crippen LogP contribution in [0.25, 0.3) is 0 Å².